The Morgan fingerprint density at radius 1 is 1.11 bits per heavy atom. The number of rotatable bonds is 4. The van der Waals surface area contributed by atoms with Crippen molar-refractivity contribution in [1.82, 2.24) is 4.57 Å². The average molecular weight is 379 g/mol. The Labute approximate surface area is 162 Å². The van der Waals surface area contributed by atoms with Crippen LogP contribution in [0.3, 0.4) is 0 Å². The van der Waals surface area contributed by atoms with E-state index in [9.17, 15) is 4.79 Å². The van der Waals surface area contributed by atoms with Gasteiger partial charge in [0.15, 0.2) is 0 Å². The van der Waals surface area contributed by atoms with Crippen LogP contribution in [-0.2, 0) is 6.54 Å². The first-order chi connectivity index (χ1) is 13.0. The lowest BCUT2D eigenvalue weighted by atomic mass is 10.1. The van der Waals surface area contributed by atoms with E-state index in [1.165, 1.54) is 0 Å². The highest BCUT2D eigenvalue weighted by Crippen LogP contribution is 2.33. The minimum absolute atomic E-state index is 0.423. The number of aryl methyl sites for hydroxylation is 1. The standard InChI is InChI=1S/C22H19ClN2O2/c1-13-6-8-15-19(10-13)25(12-14-7-9-20(27-2)17(23)11-14)18-5-3-4-16(21(15)18)22(24)26/h3-11H,12H2,1-2H3,(H2,24,26). The molecule has 0 saturated carbocycles. The van der Waals surface area contributed by atoms with E-state index in [1.807, 2.05) is 36.4 Å². The molecule has 2 N–H and O–H groups in total. The van der Waals surface area contributed by atoms with Crippen molar-refractivity contribution in [3.63, 3.8) is 0 Å². The third-order valence-electron chi connectivity index (χ3n) is 4.87. The van der Waals surface area contributed by atoms with Gasteiger partial charge in [0.2, 0.25) is 5.91 Å². The van der Waals surface area contributed by atoms with Gasteiger partial charge >= 0.3 is 0 Å². The van der Waals surface area contributed by atoms with Gasteiger partial charge in [-0.25, -0.2) is 0 Å². The first-order valence-corrected chi connectivity index (χ1v) is 9.01. The van der Waals surface area contributed by atoms with Crippen LogP contribution >= 0.6 is 11.6 Å². The number of carbonyl (C=O) groups excluding carboxylic acids is 1. The van der Waals surface area contributed by atoms with Crippen LogP contribution in [0, 0.1) is 6.92 Å². The van der Waals surface area contributed by atoms with E-state index < -0.39 is 5.91 Å². The quantitative estimate of drug-likeness (QED) is 0.548. The Hall–Kier alpha value is -2.98. The van der Waals surface area contributed by atoms with E-state index in [-0.39, 0.29) is 0 Å². The number of ether oxygens (including phenoxy) is 1. The second kappa shape index (κ2) is 6.63. The normalized spacial score (nSPS) is 11.2. The largest absolute Gasteiger partial charge is 0.495 e. The second-order valence-electron chi connectivity index (χ2n) is 6.64. The molecule has 1 heterocycles. The van der Waals surface area contributed by atoms with Gasteiger partial charge in [-0.15, -0.1) is 0 Å². The van der Waals surface area contributed by atoms with Gasteiger partial charge in [-0.3, -0.25) is 4.79 Å². The molecule has 27 heavy (non-hydrogen) atoms. The number of fused-ring (bicyclic) bond motifs is 3. The van der Waals surface area contributed by atoms with Crippen LogP contribution in [0.5, 0.6) is 5.75 Å². The summed E-state index contributed by atoms with van der Waals surface area (Å²) < 4.78 is 7.44. The molecule has 0 aliphatic heterocycles. The summed E-state index contributed by atoms with van der Waals surface area (Å²) in [5.74, 6) is 0.224. The maximum Gasteiger partial charge on any atom is 0.249 e. The van der Waals surface area contributed by atoms with Crippen LogP contribution in [0.2, 0.25) is 5.02 Å². The van der Waals surface area contributed by atoms with Crippen LogP contribution < -0.4 is 10.5 Å². The molecule has 0 radical (unpaired) electrons. The molecule has 4 nitrogen and oxygen atoms in total. The Bertz CT molecular complexity index is 1190. The third kappa shape index (κ3) is 2.92. The van der Waals surface area contributed by atoms with Crippen LogP contribution in [0.25, 0.3) is 21.8 Å². The molecule has 4 rings (SSSR count). The van der Waals surface area contributed by atoms with Gasteiger partial charge in [0, 0.05) is 28.4 Å². The second-order valence-corrected chi connectivity index (χ2v) is 7.05. The monoisotopic (exact) mass is 378 g/mol. The first-order valence-electron chi connectivity index (χ1n) is 8.63. The number of primary amides is 1. The van der Waals surface area contributed by atoms with Gasteiger partial charge < -0.3 is 15.0 Å². The number of halogens is 1. The fourth-order valence-electron chi connectivity index (χ4n) is 3.62. The molecule has 3 aromatic carbocycles. The molecular formula is C22H19ClN2O2. The summed E-state index contributed by atoms with van der Waals surface area (Å²) in [7, 11) is 1.60. The zero-order chi connectivity index (χ0) is 19.1. The van der Waals surface area contributed by atoms with Crippen LogP contribution in [0.4, 0.5) is 0 Å². The topological polar surface area (TPSA) is 57.2 Å². The van der Waals surface area contributed by atoms with Gasteiger partial charge in [-0.05, 0) is 48.4 Å². The van der Waals surface area contributed by atoms with Gasteiger partial charge in [0.1, 0.15) is 5.75 Å². The molecule has 1 aromatic heterocycles. The van der Waals surface area contributed by atoms with Gasteiger partial charge in [0.05, 0.1) is 17.6 Å². The van der Waals surface area contributed by atoms with E-state index in [4.69, 9.17) is 22.1 Å². The lowest BCUT2D eigenvalue weighted by Crippen LogP contribution is -2.11. The minimum atomic E-state index is -0.423. The Morgan fingerprint density at radius 3 is 2.63 bits per heavy atom. The molecule has 0 unspecified atom stereocenters. The number of benzene rings is 3. The van der Waals surface area contributed by atoms with Crippen molar-refractivity contribution in [1.29, 1.82) is 0 Å². The summed E-state index contributed by atoms with van der Waals surface area (Å²) in [4.78, 5) is 12.0. The zero-order valence-electron chi connectivity index (χ0n) is 15.1. The predicted molar refractivity (Wildman–Crippen MR) is 110 cm³/mol. The van der Waals surface area contributed by atoms with Crippen molar-refractivity contribution in [3.05, 3.63) is 76.3 Å². The fraction of sp³-hybridized carbons (Fsp3) is 0.136. The smallest absolute Gasteiger partial charge is 0.249 e. The highest BCUT2D eigenvalue weighted by Gasteiger charge is 2.17. The van der Waals surface area contributed by atoms with Gasteiger partial charge in [-0.2, -0.15) is 0 Å². The highest BCUT2D eigenvalue weighted by atomic mass is 35.5. The van der Waals surface area contributed by atoms with Crippen molar-refractivity contribution >= 4 is 39.3 Å². The molecule has 0 aliphatic carbocycles. The van der Waals surface area contributed by atoms with Crippen LogP contribution in [-0.4, -0.2) is 17.6 Å². The van der Waals surface area contributed by atoms with Crippen LogP contribution in [0.15, 0.2) is 54.6 Å². The molecule has 136 valence electrons. The average Bonchev–Trinajstić information content (AvgIpc) is 2.95. The van der Waals surface area contributed by atoms with E-state index in [0.29, 0.717) is 22.9 Å². The third-order valence-corrected chi connectivity index (χ3v) is 5.16. The lowest BCUT2D eigenvalue weighted by molar-refractivity contribution is 0.100. The van der Waals surface area contributed by atoms with Gasteiger partial charge in [0.25, 0.3) is 0 Å². The van der Waals surface area contributed by atoms with E-state index in [1.54, 1.807) is 13.2 Å². The molecule has 0 saturated heterocycles. The summed E-state index contributed by atoms with van der Waals surface area (Å²) in [6.45, 7) is 2.68. The zero-order valence-corrected chi connectivity index (χ0v) is 15.9. The maximum atomic E-state index is 12.0. The van der Waals surface area contributed by atoms with Crippen molar-refractivity contribution < 1.29 is 9.53 Å². The maximum absolute atomic E-state index is 12.0. The summed E-state index contributed by atoms with van der Waals surface area (Å²) in [5.41, 5.74) is 10.4. The number of nitrogens with two attached hydrogens (primary N) is 1. The van der Waals surface area contributed by atoms with Crippen molar-refractivity contribution in [2.24, 2.45) is 5.73 Å². The Balaban J connectivity index is 1.98. The number of nitrogens with zero attached hydrogens (tertiary/aromatic N) is 1. The summed E-state index contributed by atoms with van der Waals surface area (Å²) in [6, 6.07) is 17.7. The van der Waals surface area contributed by atoms with E-state index >= 15 is 0 Å². The van der Waals surface area contributed by atoms with Crippen molar-refractivity contribution in [2.75, 3.05) is 7.11 Å². The molecule has 0 bridgehead atoms. The fourth-order valence-corrected chi connectivity index (χ4v) is 3.90. The molecule has 0 aliphatic rings. The first kappa shape index (κ1) is 17.4. The van der Waals surface area contributed by atoms with Gasteiger partial charge in [-0.1, -0.05) is 35.9 Å². The number of carbonyl (C=O) groups is 1. The lowest BCUT2D eigenvalue weighted by Gasteiger charge is -2.10. The Kier molecular flexibility index (Phi) is 4.28. The van der Waals surface area contributed by atoms with Crippen molar-refractivity contribution in [2.45, 2.75) is 13.5 Å². The Morgan fingerprint density at radius 2 is 1.93 bits per heavy atom. The molecule has 4 aromatic rings. The predicted octanol–water partition coefficient (Wildman–Crippen LogP) is 4.91. The molecule has 0 atom stereocenters. The number of hydrogen-bond donors (Lipinski definition) is 1. The molecule has 0 fully saturated rings. The van der Waals surface area contributed by atoms with E-state index in [2.05, 4.69) is 23.6 Å². The number of aromatic nitrogens is 1. The number of methoxy groups -OCH3 is 1. The van der Waals surface area contributed by atoms with Crippen LogP contribution in [0.1, 0.15) is 21.5 Å². The summed E-state index contributed by atoms with van der Waals surface area (Å²) >= 11 is 6.30. The highest BCUT2D eigenvalue weighted by molar-refractivity contribution is 6.32. The SMILES string of the molecule is COc1ccc(Cn2c3cc(C)ccc3c3c(C(N)=O)cccc32)cc1Cl. The number of amides is 1. The van der Waals surface area contributed by atoms with E-state index in [0.717, 1.165) is 32.9 Å². The molecular weight excluding hydrogens is 360 g/mol. The molecule has 0 spiro atoms. The minimum Gasteiger partial charge on any atom is -0.495 e. The molecule has 1 amide bonds. The summed E-state index contributed by atoms with van der Waals surface area (Å²) in [6.07, 6.45) is 0. The van der Waals surface area contributed by atoms with Crippen molar-refractivity contribution in [3.8, 4) is 5.75 Å². The summed E-state index contributed by atoms with van der Waals surface area (Å²) in [5, 5.41) is 2.48. The molecule has 5 heteroatoms. The number of hydrogen-bond acceptors (Lipinski definition) is 2.